The summed E-state index contributed by atoms with van der Waals surface area (Å²) < 4.78 is 11.7. The molecule has 0 aromatic rings. The van der Waals surface area contributed by atoms with E-state index in [1.165, 1.54) is 0 Å². The van der Waals surface area contributed by atoms with Gasteiger partial charge in [-0.15, -0.1) is 0 Å². The molecule has 0 saturated heterocycles. The van der Waals surface area contributed by atoms with E-state index in [2.05, 4.69) is 6.58 Å². The Bertz CT molecular complexity index is 72.0. The lowest BCUT2D eigenvalue weighted by Gasteiger charge is -1.77. The lowest BCUT2D eigenvalue weighted by Crippen LogP contribution is -1.63. The van der Waals surface area contributed by atoms with Gasteiger partial charge in [-0.1, -0.05) is 6.58 Å². The summed E-state index contributed by atoms with van der Waals surface area (Å²) in [5.41, 5.74) is 0. The van der Waals surface area contributed by atoms with E-state index in [4.69, 9.17) is 0 Å². The van der Waals surface area contributed by atoms with Crippen molar-refractivity contribution >= 4 is 0 Å². The van der Waals surface area contributed by atoms with Crippen molar-refractivity contribution in [1.29, 1.82) is 0 Å². The first-order valence-electron chi connectivity index (χ1n) is 2.00. The summed E-state index contributed by atoms with van der Waals surface area (Å²) in [6, 6.07) is 0. The summed E-state index contributed by atoms with van der Waals surface area (Å²) in [7, 11) is 0. The van der Waals surface area contributed by atoms with Crippen LogP contribution in [0.5, 0.6) is 0 Å². The maximum Gasteiger partial charge on any atom is 0.0999 e. The summed E-state index contributed by atoms with van der Waals surface area (Å²) in [6.45, 7) is 3.11. The molecule has 1 heteroatoms. The predicted octanol–water partition coefficient (Wildman–Crippen LogP) is 1.84. The molecule has 0 spiro atoms. The van der Waals surface area contributed by atoms with Crippen LogP contribution in [0.3, 0.4) is 0 Å². The molecular formula is C5H6F. The van der Waals surface area contributed by atoms with Gasteiger partial charge >= 0.3 is 0 Å². The van der Waals surface area contributed by atoms with Gasteiger partial charge in [-0.25, -0.2) is 4.39 Å². The normalized spacial score (nSPS) is 20.8. The average molecular weight is 85.1 g/mol. The molecule has 1 saturated carbocycles. The lowest BCUT2D eigenvalue weighted by atomic mass is 10.4. The Balaban J connectivity index is 2.31. The fourth-order valence-electron chi connectivity index (χ4n) is 0.334. The van der Waals surface area contributed by atoms with Crippen LogP contribution in [-0.4, -0.2) is 0 Å². The zero-order valence-electron chi connectivity index (χ0n) is 3.50. The Morgan fingerprint density at radius 1 is 1.67 bits per heavy atom. The molecule has 1 aliphatic carbocycles. The zero-order chi connectivity index (χ0) is 4.57. The van der Waals surface area contributed by atoms with Crippen molar-refractivity contribution < 1.29 is 4.39 Å². The molecule has 0 aromatic heterocycles. The first-order valence-corrected chi connectivity index (χ1v) is 2.00. The van der Waals surface area contributed by atoms with E-state index in [0.29, 0.717) is 0 Å². The fourth-order valence-corrected chi connectivity index (χ4v) is 0.334. The van der Waals surface area contributed by atoms with E-state index in [0.717, 1.165) is 18.8 Å². The second kappa shape index (κ2) is 1.07. The van der Waals surface area contributed by atoms with E-state index in [1.807, 2.05) is 0 Å². The first-order chi connectivity index (χ1) is 2.80. The standard InChI is InChI=1S/C5H6F/c1-4(6)5-2-3-5/h1-3H2. The Morgan fingerprint density at radius 2 is 2.17 bits per heavy atom. The smallest absolute Gasteiger partial charge is 0.0999 e. The molecule has 0 atom stereocenters. The molecule has 0 unspecified atom stereocenters. The van der Waals surface area contributed by atoms with Crippen LogP contribution in [0.15, 0.2) is 12.4 Å². The van der Waals surface area contributed by atoms with Gasteiger partial charge in [0.15, 0.2) is 0 Å². The second-order valence-electron chi connectivity index (χ2n) is 1.51. The molecule has 6 heavy (non-hydrogen) atoms. The molecule has 1 rings (SSSR count). The maximum atomic E-state index is 11.7. The Labute approximate surface area is 36.7 Å². The highest BCUT2D eigenvalue weighted by atomic mass is 19.1. The number of allylic oxidation sites excluding steroid dienone is 1. The largest absolute Gasteiger partial charge is 0.212 e. The monoisotopic (exact) mass is 85.0 g/mol. The van der Waals surface area contributed by atoms with Gasteiger partial charge in [0, 0.05) is 5.92 Å². The van der Waals surface area contributed by atoms with Crippen LogP contribution < -0.4 is 0 Å². The maximum absolute atomic E-state index is 11.7. The Morgan fingerprint density at radius 3 is 2.17 bits per heavy atom. The number of hydrogen-bond donors (Lipinski definition) is 0. The van der Waals surface area contributed by atoms with Crippen LogP contribution in [0.25, 0.3) is 0 Å². The highest BCUT2D eigenvalue weighted by Gasteiger charge is 2.25. The molecule has 1 fully saturated rings. The van der Waals surface area contributed by atoms with Crippen LogP contribution in [-0.2, 0) is 0 Å². The van der Waals surface area contributed by atoms with Crippen LogP contribution in [0, 0.1) is 5.92 Å². The minimum Gasteiger partial charge on any atom is -0.212 e. The molecular weight excluding hydrogens is 79.1 g/mol. The molecule has 0 aromatic carbocycles. The Kier molecular flexibility index (Phi) is 0.685. The van der Waals surface area contributed by atoms with E-state index in [9.17, 15) is 4.39 Å². The van der Waals surface area contributed by atoms with Crippen LogP contribution in [0.4, 0.5) is 4.39 Å². The lowest BCUT2D eigenvalue weighted by molar-refractivity contribution is 0.647. The topological polar surface area (TPSA) is 0 Å². The molecule has 0 bridgehead atoms. The van der Waals surface area contributed by atoms with Gasteiger partial charge in [0.25, 0.3) is 0 Å². The van der Waals surface area contributed by atoms with Crippen molar-refractivity contribution in [2.45, 2.75) is 12.8 Å². The predicted molar refractivity (Wildman–Crippen MR) is 22.7 cm³/mol. The van der Waals surface area contributed by atoms with Crippen molar-refractivity contribution in [3.63, 3.8) is 0 Å². The zero-order valence-corrected chi connectivity index (χ0v) is 3.50. The van der Waals surface area contributed by atoms with Gasteiger partial charge in [0.05, 0.1) is 5.83 Å². The van der Waals surface area contributed by atoms with Crippen molar-refractivity contribution in [3.05, 3.63) is 18.3 Å². The highest BCUT2D eigenvalue weighted by Crippen LogP contribution is 2.38. The molecule has 1 radical (unpaired) electrons. The van der Waals surface area contributed by atoms with E-state index in [-0.39, 0.29) is 5.83 Å². The number of hydrogen-bond acceptors (Lipinski definition) is 0. The van der Waals surface area contributed by atoms with Crippen molar-refractivity contribution in [2.24, 2.45) is 0 Å². The van der Waals surface area contributed by atoms with Gasteiger partial charge in [0.1, 0.15) is 0 Å². The fraction of sp³-hybridized carbons (Fsp3) is 0.400. The molecule has 0 heterocycles. The van der Waals surface area contributed by atoms with Gasteiger partial charge < -0.3 is 0 Å². The van der Waals surface area contributed by atoms with Gasteiger partial charge in [-0.2, -0.15) is 0 Å². The van der Waals surface area contributed by atoms with Crippen LogP contribution in [0.2, 0.25) is 0 Å². The molecule has 1 aliphatic rings. The SMILES string of the molecule is C=C(F)[C]1CC1. The van der Waals surface area contributed by atoms with Gasteiger partial charge in [-0.05, 0) is 12.8 Å². The number of rotatable bonds is 1. The summed E-state index contributed by atoms with van der Waals surface area (Å²) in [5.74, 6) is 0.685. The van der Waals surface area contributed by atoms with Crippen LogP contribution in [0.1, 0.15) is 12.8 Å². The summed E-state index contributed by atoms with van der Waals surface area (Å²) in [5, 5.41) is 0. The van der Waals surface area contributed by atoms with Gasteiger partial charge in [-0.3, -0.25) is 0 Å². The van der Waals surface area contributed by atoms with E-state index in [1.54, 1.807) is 0 Å². The van der Waals surface area contributed by atoms with E-state index >= 15 is 0 Å². The van der Waals surface area contributed by atoms with Gasteiger partial charge in [0.2, 0.25) is 0 Å². The summed E-state index contributed by atoms with van der Waals surface area (Å²) in [6.07, 6.45) is 1.88. The highest BCUT2D eigenvalue weighted by molar-refractivity contribution is 5.24. The third-order valence-electron chi connectivity index (χ3n) is 0.884. The molecule has 33 valence electrons. The van der Waals surface area contributed by atoms with Crippen molar-refractivity contribution in [2.75, 3.05) is 0 Å². The first kappa shape index (κ1) is 3.85. The average Bonchev–Trinajstić information content (AvgIpc) is 2.06. The van der Waals surface area contributed by atoms with E-state index < -0.39 is 0 Å². The molecule has 0 nitrogen and oxygen atoms in total. The van der Waals surface area contributed by atoms with Crippen LogP contribution >= 0.6 is 0 Å². The minimum atomic E-state index is -0.213. The van der Waals surface area contributed by atoms with Crippen molar-refractivity contribution in [3.8, 4) is 0 Å². The third-order valence-corrected chi connectivity index (χ3v) is 0.884. The second-order valence-corrected chi connectivity index (χ2v) is 1.51. The number of halogens is 1. The molecule has 0 N–H and O–H groups in total. The molecule has 0 amide bonds. The summed E-state index contributed by atoms with van der Waals surface area (Å²) >= 11 is 0. The quantitative estimate of drug-likeness (QED) is 0.455. The summed E-state index contributed by atoms with van der Waals surface area (Å²) in [4.78, 5) is 0. The Hall–Kier alpha value is -0.330. The molecule has 0 aliphatic heterocycles. The third kappa shape index (κ3) is 0.588. The van der Waals surface area contributed by atoms with Crippen molar-refractivity contribution in [1.82, 2.24) is 0 Å². The minimum absolute atomic E-state index is 0.213.